The van der Waals surface area contributed by atoms with E-state index in [4.69, 9.17) is 0 Å². The van der Waals surface area contributed by atoms with Gasteiger partial charge in [0.15, 0.2) is 0 Å². The predicted molar refractivity (Wildman–Crippen MR) is 78.1 cm³/mol. The van der Waals surface area contributed by atoms with Gasteiger partial charge in [0.05, 0.1) is 5.56 Å². The van der Waals surface area contributed by atoms with Crippen LogP contribution in [0.1, 0.15) is 41.6 Å². The van der Waals surface area contributed by atoms with E-state index in [0.717, 1.165) is 31.2 Å². The Kier molecular flexibility index (Phi) is 4.97. The van der Waals surface area contributed by atoms with Crippen LogP contribution in [0.15, 0.2) is 18.2 Å². The summed E-state index contributed by atoms with van der Waals surface area (Å²) in [4.78, 5) is 12.5. The Morgan fingerprint density at radius 1 is 1.37 bits per heavy atom. The number of halogens is 2. The first-order valence-corrected chi connectivity index (χ1v) is 7.66. The highest BCUT2D eigenvalue weighted by molar-refractivity contribution is 9.09. The van der Waals surface area contributed by atoms with Crippen molar-refractivity contribution in [3.05, 3.63) is 35.1 Å². The molecule has 0 aliphatic heterocycles. The molecule has 104 valence electrons. The van der Waals surface area contributed by atoms with Crippen molar-refractivity contribution < 1.29 is 9.18 Å². The topological polar surface area (TPSA) is 29.1 Å². The molecule has 0 aromatic heterocycles. The molecule has 0 atom stereocenters. The highest BCUT2D eigenvalue weighted by Gasteiger charge is 2.20. The average molecular weight is 328 g/mol. The largest absolute Gasteiger partial charge is 0.352 e. The van der Waals surface area contributed by atoms with Crippen molar-refractivity contribution in [3.8, 4) is 0 Å². The van der Waals surface area contributed by atoms with Crippen molar-refractivity contribution in [2.45, 2.75) is 37.4 Å². The molecule has 1 aromatic carbocycles. The summed E-state index contributed by atoms with van der Waals surface area (Å²) in [6.07, 6.45) is 4.54. The lowest BCUT2D eigenvalue weighted by atomic mass is 9.89. The number of aryl methyl sites for hydroxylation is 1. The number of carbonyl (C=O) groups is 1. The monoisotopic (exact) mass is 327 g/mol. The molecular formula is C15H19BrFNO. The quantitative estimate of drug-likeness (QED) is 0.840. The molecule has 2 nitrogen and oxygen atoms in total. The zero-order valence-corrected chi connectivity index (χ0v) is 12.7. The third-order valence-electron chi connectivity index (χ3n) is 3.70. The Labute approximate surface area is 121 Å². The number of amides is 1. The molecule has 0 bridgehead atoms. The second kappa shape index (κ2) is 6.51. The third-order valence-corrected chi connectivity index (χ3v) is 4.61. The zero-order chi connectivity index (χ0) is 13.8. The normalized spacial score (nSPS) is 23.1. The van der Waals surface area contributed by atoms with Crippen LogP contribution in [0.4, 0.5) is 4.39 Å². The summed E-state index contributed by atoms with van der Waals surface area (Å²) >= 11 is 3.61. The zero-order valence-electron chi connectivity index (χ0n) is 11.1. The molecule has 1 aromatic rings. The summed E-state index contributed by atoms with van der Waals surface area (Å²) < 4.78 is 13.7. The van der Waals surface area contributed by atoms with Crippen molar-refractivity contribution in [2.24, 2.45) is 5.92 Å². The van der Waals surface area contributed by atoms with Gasteiger partial charge in [-0.1, -0.05) is 22.0 Å². The van der Waals surface area contributed by atoms with Gasteiger partial charge in [0.2, 0.25) is 0 Å². The fraction of sp³-hybridized carbons (Fsp3) is 0.533. The van der Waals surface area contributed by atoms with E-state index in [1.54, 1.807) is 12.1 Å². The molecule has 0 heterocycles. The first kappa shape index (κ1) is 14.5. The van der Waals surface area contributed by atoms with Gasteiger partial charge in [0, 0.05) is 11.4 Å². The Balaban J connectivity index is 1.87. The SMILES string of the molecule is Cc1ccc(C(=O)NCC2CCC(Br)CC2)c(F)c1. The van der Waals surface area contributed by atoms with E-state index in [0.29, 0.717) is 17.3 Å². The van der Waals surface area contributed by atoms with E-state index < -0.39 is 5.82 Å². The van der Waals surface area contributed by atoms with Crippen LogP contribution in [-0.2, 0) is 0 Å². The number of benzene rings is 1. The lowest BCUT2D eigenvalue weighted by Gasteiger charge is -2.25. The fourth-order valence-electron chi connectivity index (χ4n) is 2.46. The summed E-state index contributed by atoms with van der Waals surface area (Å²) in [5, 5.41) is 2.85. The Morgan fingerprint density at radius 2 is 2.05 bits per heavy atom. The maximum Gasteiger partial charge on any atom is 0.254 e. The van der Waals surface area contributed by atoms with E-state index in [9.17, 15) is 9.18 Å². The van der Waals surface area contributed by atoms with E-state index in [1.807, 2.05) is 6.92 Å². The van der Waals surface area contributed by atoms with Gasteiger partial charge in [0.25, 0.3) is 5.91 Å². The second-order valence-corrected chi connectivity index (χ2v) is 6.61. The maximum atomic E-state index is 13.7. The predicted octanol–water partition coefficient (Wildman–Crippen LogP) is 3.82. The molecule has 1 fully saturated rings. The Hall–Kier alpha value is -0.900. The van der Waals surface area contributed by atoms with Crippen LogP contribution in [0.25, 0.3) is 0 Å². The average Bonchev–Trinajstić information content (AvgIpc) is 2.37. The molecule has 0 saturated heterocycles. The molecule has 4 heteroatoms. The first-order valence-electron chi connectivity index (χ1n) is 6.74. The lowest BCUT2D eigenvalue weighted by molar-refractivity contribution is 0.0940. The standard InChI is InChI=1S/C15H19BrFNO/c1-10-2-7-13(14(17)8-10)15(19)18-9-11-3-5-12(16)6-4-11/h2,7-8,11-12H,3-6,9H2,1H3,(H,18,19). The highest BCUT2D eigenvalue weighted by Crippen LogP contribution is 2.28. The fourth-order valence-corrected chi connectivity index (χ4v) is 2.99. The van der Waals surface area contributed by atoms with Gasteiger partial charge in [-0.2, -0.15) is 0 Å². The van der Waals surface area contributed by atoms with Crippen LogP contribution >= 0.6 is 15.9 Å². The van der Waals surface area contributed by atoms with Crippen LogP contribution < -0.4 is 5.32 Å². The molecule has 0 spiro atoms. The Morgan fingerprint density at radius 3 is 2.68 bits per heavy atom. The lowest BCUT2D eigenvalue weighted by Crippen LogP contribution is -2.31. The van der Waals surface area contributed by atoms with Crippen molar-refractivity contribution in [3.63, 3.8) is 0 Å². The van der Waals surface area contributed by atoms with Gasteiger partial charge in [-0.25, -0.2) is 4.39 Å². The van der Waals surface area contributed by atoms with Crippen molar-refractivity contribution in [1.29, 1.82) is 0 Å². The van der Waals surface area contributed by atoms with Crippen LogP contribution in [0.3, 0.4) is 0 Å². The molecule has 1 amide bonds. The van der Waals surface area contributed by atoms with E-state index in [2.05, 4.69) is 21.2 Å². The summed E-state index contributed by atoms with van der Waals surface area (Å²) in [5.74, 6) is -0.230. The van der Waals surface area contributed by atoms with Gasteiger partial charge >= 0.3 is 0 Å². The van der Waals surface area contributed by atoms with Gasteiger partial charge in [-0.05, 0) is 56.2 Å². The molecular weight excluding hydrogens is 309 g/mol. The summed E-state index contributed by atoms with van der Waals surface area (Å²) in [6, 6.07) is 4.70. The number of alkyl halides is 1. The number of hydrogen-bond acceptors (Lipinski definition) is 1. The molecule has 1 saturated carbocycles. The van der Waals surface area contributed by atoms with Crippen LogP contribution in [0.5, 0.6) is 0 Å². The smallest absolute Gasteiger partial charge is 0.254 e. The molecule has 19 heavy (non-hydrogen) atoms. The van der Waals surface area contributed by atoms with Crippen molar-refractivity contribution in [1.82, 2.24) is 5.32 Å². The maximum absolute atomic E-state index is 13.7. The molecule has 1 aliphatic rings. The number of carbonyl (C=O) groups excluding carboxylic acids is 1. The van der Waals surface area contributed by atoms with Crippen LogP contribution in [-0.4, -0.2) is 17.3 Å². The van der Waals surface area contributed by atoms with Gasteiger partial charge in [0.1, 0.15) is 5.82 Å². The minimum atomic E-state index is -0.443. The molecule has 0 unspecified atom stereocenters. The highest BCUT2D eigenvalue weighted by atomic mass is 79.9. The van der Waals surface area contributed by atoms with E-state index >= 15 is 0 Å². The van der Waals surface area contributed by atoms with E-state index in [1.165, 1.54) is 6.07 Å². The first-order chi connectivity index (χ1) is 9.06. The van der Waals surface area contributed by atoms with Crippen molar-refractivity contribution in [2.75, 3.05) is 6.54 Å². The molecule has 0 radical (unpaired) electrons. The number of hydrogen-bond donors (Lipinski definition) is 1. The third kappa shape index (κ3) is 4.03. The Bertz CT molecular complexity index is 455. The summed E-state index contributed by atoms with van der Waals surface area (Å²) in [5.41, 5.74) is 0.962. The minimum Gasteiger partial charge on any atom is -0.352 e. The second-order valence-electron chi connectivity index (χ2n) is 5.31. The summed E-state index contributed by atoms with van der Waals surface area (Å²) in [7, 11) is 0. The molecule has 1 aliphatic carbocycles. The van der Waals surface area contributed by atoms with Crippen LogP contribution in [0, 0.1) is 18.7 Å². The van der Waals surface area contributed by atoms with Gasteiger partial charge < -0.3 is 5.32 Å². The number of rotatable bonds is 3. The van der Waals surface area contributed by atoms with Crippen LogP contribution in [0.2, 0.25) is 0 Å². The van der Waals surface area contributed by atoms with E-state index in [-0.39, 0.29) is 11.5 Å². The molecule has 1 N–H and O–H groups in total. The minimum absolute atomic E-state index is 0.139. The number of nitrogens with one attached hydrogen (secondary N) is 1. The summed E-state index contributed by atoms with van der Waals surface area (Å²) in [6.45, 7) is 2.45. The van der Waals surface area contributed by atoms with Gasteiger partial charge in [-0.3, -0.25) is 4.79 Å². The van der Waals surface area contributed by atoms with Crippen molar-refractivity contribution >= 4 is 21.8 Å². The molecule has 2 rings (SSSR count). The van der Waals surface area contributed by atoms with Gasteiger partial charge in [-0.15, -0.1) is 0 Å².